The van der Waals surface area contributed by atoms with E-state index in [2.05, 4.69) is 19.2 Å². The minimum Gasteiger partial charge on any atom is -0.481 e. The molecule has 0 aromatic rings. The van der Waals surface area contributed by atoms with Gasteiger partial charge < -0.3 is 20.1 Å². The molecule has 1 rings (SSSR count). The number of nitrogens with one attached hydrogen (secondary N) is 1. The minimum absolute atomic E-state index is 0.0194. The van der Waals surface area contributed by atoms with Gasteiger partial charge in [0, 0.05) is 20.2 Å². The largest absolute Gasteiger partial charge is 0.481 e. The van der Waals surface area contributed by atoms with Crippen molar-refractivity contribution in [3.63, 3.8) is 0 Å². The number of nitrogens with zero attached hydrogens (tertiary/aromatic N) is 1. The Balaban J connectivity index is 2.46. The summed E-state index contributed by atoms with van der Waals surface area (Å²) in [6.45, 7) is 5.23. The number of carbonyl (C=O) groups is 2. The van der Waals surface area contributed by atoms with E-state index in [0.29, 0.717) is 5.92 Å². The Morgan fingerprint density at radius 3 is 2.75 bits per heavy atom. The Bertz CT molecular complexity index is 333. The molecule has 1 fully saturated rings. The summed E-state index contributed by atoms with van der Waals surface area (Å²) >= 11 is 0. The monoisotopic (exact) mass is 286 g/mol. The molecule has 1 aliphatic rings. The molecule has 116 valence electrons. The third kappa shape index (κ3) is 5.77. The van der Waals surface area contributed by atoms with Gasteiger partial charge in [0.15, 0.2) is 0 Å². The van der Waals surface area contributed by atoms with Crippen LogP contribution in [0.3, 0.4) is 0 Å². The number of ether oxygens (including phenoxy) is 1. The minimum atomic E-state index is -0.900. The van der Waals surface area contributed by atoms with Gasteiger partial charge in [-0.05, 0) is 25.2 Å². The van der Waals surface area contributed by atoms with Crippen LogP contribution in [0.2, 0.25) is 0 Å². The molecule has 20 heavy (non-hydrogen) atoms. The Morgan fingerprint density at radius 2 is 2.15 bits per heavy atom. The normalized spacial score (nSPS) is 22.6. The third-order valence-corrected chi connectivity index (χ3v) is 3.46. The lowest BCUT2D eigenvalue weighted by Gasteiger charge is -2.34. The van der Waals surface area contributed by atoms with Crippen molar-refractivity contribution in [2.45, 2.75) is 51.7 Å². The summed E-state index contributed by atoms with van der Waals surface area (Å²) in [6.07, 6.45) is 2.79. The van der Waals surface area contributed by atoms with E-state index in [1.165, 1.54) is 4.90 Å². The number of carboxylic acids is 1. The van der Waals surface area contributed by atoms with Crippen LogP contribution in [0.15, 0.2) is 0 Å². The zero-order chi connectivity index (χ0) is 15.1. The molecular formula is C14H26N2O4. The number of hydrogen-bond donors (Lipinski definition) is 2. The lowest BCUT2D eigenvalue weighted by molar-refractivity contribution is -0.137. The van der Waals surface area contributed by atoms with Crippen molar-refractivity contribution in [2.75, 3.05) is 20.2 Å². The highest BCUT2D eigenvalue weighted by molar-refractivity contribution is 5.75. The SMILES string of the molecule is CC(C)CC1OCCCC1NC(=O)N(C)CCC(=O)O. The number of aliphatic carboxylic acids is 1. The van der Waals surface area contributed by atoms with Crippen LogP contribution < -0.4 is 5.32 Å². The molecule has 2 N–H and O–H groups in total. The van der Waals surface area contributed by atoms with Crippen molar-refractivity contribution >= 4 is 12.0 Å². The first kappa shape index (κ1) is 16.8. The molecule has 1 aliphatic heterocycles. The first-order chi connectivity index (χ1) is 9.40. The molecule has 0 aromatic heterocycles. The lowest BCUT2D eigenvalue weighted by atomic mass is 9.95. The van der Waals surface area contributed by atoms with Crippen LogP contribution in [-0.2, 0) is 9.53 Å². The second-order valence-corrected chi connectivity index (χ2v) is 5.80. The molecule has 2 unspecified atom stereocenters. The van der Waals surface area contributed by atoms with E-state index in [0.717, 1.165) is 25.9 Å². The maximum Gasteiger partial charge on any atom is 0.317 e. The van der Waals surface area contributed by atoms with Crippen molar-refractivity contribution in [3.8, 4) is 0 Å². The van der Waals surface area contributed by atoms with Gasteiger partial charge in [-0.3, -0.25) is 4.79 Å². The van der Waals surface area contributed by atoms with E-state index < -0.39 is 5.97 Å². The van der Waals surface area contributed by atoms with Crippen LogP contribution in [-0.4, -0.2) is 54.4 Å². The van der Waals surface area contributed by atoms with Gasteiger partial charge in [0.25, 0.3) is 0 Å². The van der Waals surface area contributed by atoms with E-state index in [1.807, 2.05) is 0 Å². The highest BCUT2D eigenvalue weighted by atomic mass is 16.5. The predicted octanol–water partition coefficient (Wildman–Crippen LogP) is 1.70. The Labute approximate surface area is 120 Å². The van der Waals surface area contributed by atoms with Crippen molar-refractivity contribution in [3.05, 3.63) is 0 Å². The molecule has 2 amide bonds. The summed E-state index contributed by atoms with van der Waals surface area (Å²) in [5, 5.41) is 11.6. The van der Waals surface area contributed by atoms with Crippen molar-refractivity contribution in [1.82, 2.24) is 10.2 Å². The lowest BCUT2D eigenvalue weighted by Crippen LogP contribution is -2.51. The molecule has 6 heteroatoms. The second kappa shape index (κ2) is 8.09. The maximum atomic E-state index is 12.0. The van der Waals surface area contributed by atoms with E-state index in [-0.39, 0.29) is 31.1 Å². The number of urea groups is 1. The molecule has 0 saturated carbocycles. The van der Waals surface area contributed by atoms with Gasteiger partial charge in [-0.25, -0.2) is 4.79 Å². The average molecular weight is 286 g/mol. The van der Waals surface area contributed by atoms with Crippen LogP contribution in [0.1, 0.15) is 39.5 Å². The summed E-state index contributed by atoms with van der Waals surface area (Å²) in [5.74, 6) is -0.384. The fraction of sp³-hybridized carbons (Fsp3) is 0.857. The molecule has 1 saturated heterocycles. The second-order valence-electron chi connectivity index (χ2n) is 5.80. The number of carboxylic acid groups (broad SMARTS) is 1. The molecule has 2 atom stereocenters. The first-order valence-electron chi connectivity index (χ1n) is 7.25. The average Bonchev–Trinajstić information content (AvgIpc) is 2.37. The van der Waals surface area contributed by atoms with Gasteiger partial charge in [-0.2, -0.15) is 0 Å². The smallest absolute Gasteiger partial charge is 0.317 e. The van der Waals surface area contributed by atoms with E-state index in [4.69, 9.17) is 9.84 Å². The van der Waals surface area contributed by atoms with Crippen LogP contribution in [0, 0.1) is 5.92 Å². The molecule has 1 heterocycles. The highest BCUT2D eigenvalue weighted by Crippen LogP contribution is 2.20. The fourth-order valence-electron chi connectivity index (χ4n) is 2.34. The highest BCUT2D eigenvalue weighted by Gasteiger charge is 2.28. The van der Waals surface area contributed by atoms with Crippen LogP contribution in [0.5, 0.6) is 0 Å². The summed E-state index contributed by atoms with van der Waals surface area (Å²) in [4.78, 5) is 23.9. The molecule has 0 bridgehead atoms. The quantitative estimate of drug-likeness (QED) is 0.779. The number of hydrogen-bond acceptors (Lipinski definition) is 3. The van der Waals surface area contributed by atoms with Crippen LogP contribution in [0.4, 0.5) is 4.79 Å². The Morgan fingerprint density at radius 1 is 1.45 bits per heavy atom. The predicted molar refractivity (Wildman–Crippen MR) is 75.6 cm³/mol. The number of rotatable bonds is 6. The standard InChI is InChI=1S/C14H26N2O4/c1-10(2)9-12-11(5-4-8-20-12)15-14(19)16(3)7-6-13(17)18/h10-12H,4-9H2,1-3H3,(H,15,19)(H,17,18). The van der Waals surface area contributed by atoms with E-state index >= 15 is 0 Å². The molecule has 0 aromatic carbocycles. The van der Waals surface area contributed by atoms with Crippen molar-refractivity contribution in [2.24, 2.45) is 5.92 Å². The first-order valence-corrected chi connectivity index (χ1v) is 7.25. The Kier molecular flexibility index (Phi) is 6.78. The summed E-state index contributed by atoms with van der Waals surface area (Å²) in [7, 11) is 1.61. The number of carbonyl (C=O) groups excluding carboxylic acids is 1. The van der Waals surface area contributed by atoms with Crippen LogP contribution in [0.25, 0.3) is 0 Å². The summed E-state index contributed by atoms with van der Waals surface area (Å²) in [5.41, 5.74) is 0. The molecule has 0 aliphatic carbocycles. The maximum absolute atomic E-state index is 12.0. The van der Waals surface area contributed by atoms with Gasteiger partial charge in [-0.15, -0.1) is 0 Å². The van der Waals surface area contributed by atoms with E-state index in [1.54, 1.807) is 7.05 Å². The Hall–Kier alpha value is -1.30. The summed E-state index contributed by atoms with van der Waals surface area (Å²) in [6, 6.07) is -0.207. The van der Waals surface area contributed by atoms with Crippen LogP contribution >= 0.6 is 0 Å². The zero-order valence-corrected chi connectivity index (χ0v) is 12.6. The number of amides is 2. The van der Waals surface area contributed by atoms with Crippen molar-refractivity contribution in [1.29, 1.82) is 0 Å². The van der Waals surface area contributed by atoms with Gasteiger partial charge in [0.05, 0.1) is 18.6 Å². The van der Waals surface area contributed by atoms with Gasteiger partial charge in [-0.1, -0.05) is 13.8 Å². The van der Waals surface area contributed by atoms with Gasteiger partial charge >= 0.3 is 12.0 Å². The molecule has 0 radical (unpaired) electrons. The topological polar surface area (TPSA) is 78.9 Å². The molecule has 6 nitrogen and oxygen atoms in total. The fourth-order valence-corrected chi connectivity index (χ4v) is 2.34. The van der Waals surface area contributed by atoms with Gasteiger partial charge in [0.2, 0.25) is 0 Å². The summed E-state index contributed by atoms with van der Waals surface area (Å²) < 4.78 is 5.75. The molecule has 0 spiro atoms. The van der Waals surface area contributed by atoms with Gasteiger partial charge in [0.1, 0.15) is 0 Å². The zero-order valence-electron chi connectivity index (χ0n) is 12.6. The molecular weight excluding hydrogens is 260 g/mol. The van der Waals surface area contributed by atoms with E-state index in [9.17, 15) is 9.59 Å². The third-order valence-electron chi connectivity index (χ3n) is 3.46. The van der Waals surface area contributed by atoms with Crippen molar-refractivity contribution < 1.29 is 19.4 Å².